The largest absolute Gasteiger partial charge is 0.480 e. The minimum absolute atomic E-state index is 0.133. The minimum Gasteiger partial charge on any atom is -0.480 e. The van der Waals surface area contributed by atoms with E-state index in [9.17, 15) is 14.7 Å². The van der Waals surface area contributed by atoms with E-state index in [2.05, 4.69) is 24.5 Å². The van der Waals surface area contributed by atoms with Crippen LogP contribution in [0.4, 0.5) is 4.79 Å². The van der Waals surface area contributed by atoms with Crippen molar-refractivity contribution < 1.29 is 14.7 Å². The van der Waals surface area contributed by atoms with Crippen LogP contribution >= 0.6 is 0 Å². The van der Waals surface area contributed by atoms with Crippen molar-refractivity contribution in [1.82, 2.24) is 10.6 Å². The van der Waals surface area contributed by atoms with Crippen molar-refractivity contribution >= 4 is 12.0 Å². The van der Waals surface area contributed by atoms with Crippen molar-refractivity contribution in [3.05, 3.63) is 0 Å². The third-order valence-corrected chi connectivity index (χ3v) is 3.93. The molecule has 0 heterocycles. The average molecular weight is 284 g/mol. The second kappa shape index (κ2) is 6.02. The van der Waals surface area contributed by atoms with Gasteiger partial charge >= 0.3 is 12.0 Å². The number of nitrogens with one attached hydrogen (secondary N) is 2. The summed E-state index contributed by atoms with van der Waals surface area (Å²) in [5, 5.41) is 14.7. The van der Waals surface area contributed by atoms with E-state index in [1.54, 1.807) is 20.8 Å². The molecule has 0 aromatic heterocycles. The quantitative estimate of drug-likeness (QED) is 0.745. The number of carbonyl (C=O) groups excluding carboxylic acids is 1. The number of rotatable bonds is 3. The van der Waals surface area contributed by atoms with Crippen LogP contribution < -0.4 is 10.6 Å². The van der Waals surface area contributed by atoms with Crippen molar-refractivity contribution in [3.8, 4) is 0 Å². The van der Waals surface area contributed by atoms with Gasteiger partial charge in [0.15, 0.2) is 0 Å². The van der Waals surface area contributed by atoms with Crippen LogP contribution in [0, 0.1) is 10.8 Å². The standard InChI is InChI=1S/C15H28N2O3/c1-14(2,3)11(12(18)19)17-13(20)16-10-7-6-8-15(4,5)9-10/h10-11H,6-9H2,1-5H3,(H,18,19)(H2,16,17,20)/t10?,11-/m1/s1. The zero-order valence-corrected chi connectivity index (χ0v) is 13.2. The van der Waals surface area contributed by atoms with E-state index in [-0.39, 0.29) is 17.5 Å². The van der Waals surface area contributed by atoms with Crippen LogP contribution in [0.25, 0.3) is 0 Å². The number of aliphatic carboxylic acids is 1. The maximum absolute atomic E-state index is 12.0. The highest BCUT2D eigenvalue weighted by atomic mass is 16.4. The molecule has 0 bridgehead atoms. The Morgan fingerprint density at radius 3 is 2.35 bits per heavy atom. The molecule has 5 nitrogen and oxygen atoms in total. The lowest BCUT2D eigenvalue weighted by Crippen LogP contribution is -2.54. The van der Waals surface area contributed by atoms with Crippen LogP contribution in [-0.4, -0.2) is 29.2 Å². The Labute approximate surface area is 121 Å². The molecule has 1 aliphatic rings. The predicted octanol–water partition coefficient (Wildman–Crippen LogP) is 2.75. The van der Waals surface area contributed by atoms with Crippen LogP contribution in [0.3, 0.4) is 0 Å². The lowest BCUT2D eigenvalue weighted by atomic mass is 9.75. The number of carbonyl (C=O) groups is 2. The fourth-order valence-corrected chi connectivity index (χ4v) is 2.83. The summed E-state index contributed by atoms with van der Waals surface area (Å²) in [6.45, 7) is 9.81. The van der Waals surface area contributed by atoms with Crippen molar-refractivity contribution in [2.45, 2.75) is 72.4 Å². The Bertz CT molecular complexity index is 372. The molecule has 2 atom stereocenters. The van der Waals surface area contributed by atoms with Gasteiger partial charge in [-0.25, -0.2) is 9.59 Å². The first kappa shape index (κ1) is 16.8. The molecule has 2 amide bonds. The Kier molecular flexibility index (Phi) is 5.05. The highest BCUT2D eigenvalue weighted by Crippen LogP contribution is 2.35. The normalized spacial score (nSPS) is 23.8. The molecule has 0 spiro atoms. The predicted molar refractivity (Wildman–Crippen MR) is 78.6 cm³/mol. The van der Waals surface area contributed by atoms with Gasteiger partial charge in [0.2, 0.25) is 0 Å². The minimum atomic E-state index is -1.00. The summed E-state index contributed by atoms with van der Waals surface area (Å²) in [5.74, 6) is -1.00. The number of urea groups is 1. The topological polar surface area (TPSA) is 78.4 Å². The van der Waals surface area contributed by atoms with Gasteiger partial charge in [-0.05, 0) is 30.1 Å². The maximum atomic E-state index is 12.0. The lowest BCUT2D eigenvalue weighted by molar-refractivity contribution is -0.141. The van der Waals surface area contributed by atoms with Crippen molar-refractivity contribution in [1.29, 1.82) is 0 Å². The van der Waals surface area contributed by atoms with Gasteiger partial charge in [0.05, 0.1) is 0 Å². The van der Waals surface area contributed by atoms with E-state index in [1.165, 1.54) is 6.42 Å². The van der Waals surface area contributed by atoms with Crippen LogP contribution in [0.2, 0.25) is 0 Å². The molecule has 1 fully saturated rings. The second-order valence-corrected chi connectivity index (χ2v) is 7.71. The van der Waals surface area contributed by atoms with Crippen LogP contribution in [-0.2, 0) is 4.79 Å². The summed E-state index contributed by atoms with van der Waals surface area (Å²) >= 11 is 0. The highest BCUT2D eigenvalue weighted by molar-refractivity contribution is 5.83. The Morgan fingerprint density at radius 1 is 1.30 bits per heavy atom. The molecule has 0 saturated heterocycles. The highest BCUT2D eigenvalue weighted by Gasteiger charge is 2.34. The zero-order valence-electron chi connectivity index (χ0n) is 13.2. The molecule has 1 aliphatic carbocycles. The molecule has 3 N–H and O–H groups in total. The Balaban J connectivity index is 2.56. The number of hydrogen-bond donors (Lipinski definition) is 3. The van der Waals surface area contributed by atoms with E-state index in [1.807, 2.05) is 0 Å². The first-order valence-electron chi connectivity index (χ1n) is 7.31. The average Bonchev–Trinajstić information content (AvgIpc) is 2.22. The van der Waals surface area contributed by atoms with E-state index in [4.69, 9.17) is 0 Å². The van der Waals surface area contributed by atoms with Gasteiger partial charge in [-0.1, -0.05) is 41.0 Å². The molecular formula is C15H28N2O3. The number of amides is 2. The summed E-state index contributed by atoms with van der Waals surface area (Å²) < 4.78 is 0. The van der Waals surface area contributed by atoms with E-state index < -0.39 is 17.4 Å². The fraction of sp³-hybridized carbons (Fsp3) is 0.867. The van der Waals surface area contributed by atoms with Gasteiger partial charge in [-0.15, -0.1) is 0 Å². The van der Waals surface area contributed by atoms with Crippen LogP contribution in [0.15, 0.2) is 0 Å². The number of hydrogen-bond acceptors (Lipinski definition) is 2. The summed E-state index contributed by atoms with van der Waals surface area (Å²) in [6.07, 6.45) is 4.17. The number of carboxylic acid groups (broad SMARTS) is 1. The van der Waals surface area contributed by atoms with Gasteiger partial charge in [-0.3, -0.25) is 0 Å². The second-order valence-electron chi connectivity index (χ2n) is 7.71. The molecule has 0 aromatic carbocycles. The fourth-order valence-electron chi connectivity index (χ4n) is 2.83. The van der Waals surface area contributed by atoms with Gasteiger partial charge < -0.3 is 15.7 Å². The molecule has 116 valence electrons. The molecule has 1 unspecified atom stereocenters. The van der Waals surface area contributed by atoms with Gasteiger partial charge in [0, 0.05) is 6.04 Å². The SMILES string of the molecule is CC1(C)CCCC(NC(=O)N[C@H](C(=O)O)C(C)(C)C)C1. The molecule has 5 heteroatoms. The molecular weight excluding hydrogens is 256 g/mol. The van der Waals surface area contributed by atoms with Crippen molar-refractivity contribution in [3.63, 3.8) is 0 Å². The van der Waals surface area contributed by atoms with Crippen LogP contribution in [0.1, 0.15) is 60.3 Å². The molecule has 0 aromatic rings. The van der Waals surface area contributed by atoms with Crippen molar-refractivity contribution in [2.75, 3.05) is 0 Å². The zero-order chi connectivity index (χ0) is 15.6. The molecule has 0 aliphatic heterocycles. The van der Waals surface area contributed by atoms with E-state index >= 15 is 0 Å². The first-order valence-corrected chi connectivity index (χ1v) is 7.31. The van der Waals surface area contributed by atoms with Crippen LogP contribution in [0.5, 0.6) is 0 Å². The maximum Gasteiger partial charge on any atom is 0.326 e. The summed E-state index contributed by atoms with van der Waals surface area (Å²) in [6, 6.07) is -1.14. The smallest absolute Gasteiger partial charge is 0.326 e. The molecule has 1 rings (SSSR count). The first-order chi connectivity index (χ1) is 9.01. The Morgan fingerprint density at radius 2 is 1.90 bits per heavy atom. The lowest BCUT2D eigenvalue weighted by Gasteiger charge is -2.36. The van der Waals surface area contributed by atoms with E-state index in [0.29, 0.717) is 0 Å². The Hall–Kier alpha value is -1.26. The monoisotopic (exact) mass is 284 g/mol. The summed E-state index contributed by atoms with van der Waals surface area (Å²) in [4.78, 5) is 23.2. The molecule has 20 heavy (non-hydrogen) atoms. The number of carboxylic acids is 1. The van der Waals surface area contributed by atoms with Gasteiger partial charge in [-0.2, -0.15) is 0 Å². The summed E-state index contributed by atoms with van der Waals surface area (Å²) in [5.41, 5.74) is -0.276. The molecule has 0 radical (unpaired) electrons. The third kappa shape index (κ3) is 5.02. The molecule has 1 saturated carbocycles. The van der Waals surface area contributed by atoms with Gasteiger partial charge in [0.25, 0.3) is 0 Å². The van der Waals surface area contributed by atoms with E-state index in [0.717, 1.165) is 19.3 Å². The van der Waals surface area contributed by atoms with Crippen molar-refractivity contribution in [2.24, 2.45) is 10.8 Å². The third-order valence-electron chi connectivity index (χ3n) is 3.93. The summed E-state index contributed by atoms with van der Waals surface area (Å²) in [7, 11) is 0. The van der Waals surface area contributed by atoms with Gasteiger partial charge in [0.1, 0.15) is 6.04 Å².